The van der Waals surface area contributed by atoms with Crippen molar-refractivity contribution < 1.29 is 22.4 Å². The van der Waals surface area contributed by atoms with Gasteiger partial charge in [0.25, 0.3) is 0 Å². The van der Waals surface area contributed by atoms with Gasteiger partial charge in [0.05, 0.1) is 10.8 Å². The largest absolute Gasteiger partial charge is 0.326 e. The highest BCUT2D eigenvalue weighted by molar-refractivity contribution is 7.89. The molecule has 9 heteroatoms. The molecule has 7 nitrogen and oxygen atoms in total. The van der Waals surface area contributed by atoms with Crippen LogP contribution >= 0.6 is 0 Å². The molecule has 2 amide bonds. The second-order valence-electron chi connectivity index (χ2n) is 6.40. The number of nitrogens with zero attached hydrogens (tertiary/aromatic N) is 1. The number of halogens is 1. The number of sulfonamides is 1. The van der Waals surface area contributed by atoms with Crippen LogP contribution in [0, 0.1) is 11.7 Å². The first-order valence-corrected chi connectivity index (χ1v) is 10.2. The van der Waals surface area contributed by atoms with E-state index in [-0.39, 0.29) is 36.2 Å². The Morgan fingerprint density at radius 2 is 1.79 bits per heavy atom. The van der Waals surface area contributed by atoms with Crippen LogP contribution in [-0.4, -0.2) is 33.3 Å². The van der Waals surface area contributed by atoms with Crippen molar-refractivity contribution in [2.75, 3.05) is 23.3 Å². The molecule has 1 aliphatic heterocycles. The highest BCUT2D eigenvalue weighted by Crippen LogP contribution is 2.26. The van der Waals surface area contributed by atoms with E-state index in [0.29, 0.717) is 11.4 Å². The van der Waals surface area contributed by atoms with Crippen molar-refractivity contribution in [3.05, 3.63) is 54.3 Å². The highest BCUT2D eigenvalue weighted by Gasteiger charge is 2.35. The maximum atomic E-state index is 13.1. The zero-order valence-corrected chi connectivity index (χ0v) is 16.0. The Labute approximate surface area is 162 Å². The van der Waals surface area contributed by atoms with Gasteiger partial charge in [-0.1, -0.05) is 6.92 Å². The van der Waals surface area contributed by atoms with E-state index in [9.17, 15) is 22.4 Å². The molecule has 1 heterocycles. The van der Waals surface area contributed by atoms with E-state index in [0.717, 1.165) is 0 Å². The van der Waals surface area contributed by atoms with Crippen LogP contribution in [-0.2, 0) is 19.6 Å². The topological polar surface area (TPSA) is 95.6 Å². The van der Waals surface area contributed by atoms with E-state index in [1.165, 1.54) is 53.4 Å². The van der Waals surface area contributed by atoms with Crippen molar-refractivity contribution in [3.63, 3.8) is 0 Å². The Bertz CT molecular complexity index is 975. The van der Waals surface area contributed by atoms with E-state index in [1.807, 2.05) is 0 Å². The highest BCUT2D eigenvalue weighted by atomic mass is 32.2. The number of rotatable bonds is 6. The average molecular weight is 405 g/mol. The van der Waals surface area contributed by atoms with Crippen molar-refractivity contribution in [3.8, 4) is 0 Å². The second kappa shape index (κ2) is 8.07. The third kappa shape index (κ3) is 4.37. The molecule has 2 aromatic carbocycles. The quantitative estimate of drug-likeness (QED) is 0.770. The first kappa shape index (κ1) is 20.0. The number of hydrogen-bond donors (Lipinski definition) is 2. The minimum atomic E-state index is -3.56. The molecule has 1 saturated heterocycles. The molecule has 0 saturated carbocycles. The van der Waals surface area contributed by atoms with Crippen LogP contribution in [0.15, 0.2) is 53.4 Å². The van der Waals surface area contributed by atoms with Gasteiger partial charge < -0.3 is 10.2 Å². The minimum Gasteiger partial charge on any atom is -0.326 e. The third-order valence-corrected chi connectivity index (χ3v) is 5.96. The summed E-state index contributed by atoms with van der Waals surface area (Å²) in [5.74, 6) is -1.49. The second-order valence-corrected chi connectivity index (χ2v) is 8.16. The minimum absolute atomic E-state index is 0.0517. The zero-order chi connectivity index (χ0) is 20.3. The van der Waals surface area contributed by atoms with Gasteiger partial charge in [-0.2, -0.15) is 0 Å². The van der Waals surface area contributed by atoms with Crippen molar-refractivity contribution in [1.29, 1.82) is 0 Å². The van der Waals surface area contributed by atoms with Gasteiger partial charge in [-0.15, -0.1) is 0 Å². The van der Waals surface area contributed by atoms with Crippen LogP contribution in [0.25, 0.3) is 0 Å². The Kier molecular flexibility index (Phi) is 5.76. The molecule has 3 rings (SSSR count). The van der Waals surface area contributed by atoms with Gasteiger partial charge in [-0.25, -0.2) is 17.5 Å². The van der Waals surface area contributed by atoms with E-state index < -0.39 is 21.8 Å². The Morgan fingerprint density at radius 3 is 2.39 bits per heavy atom. The molecule has 0 aromatic heterocycles. The molecule has 2 N–H and O–H groups in total. The number of nitrogens with one attached hydrogen (secondary N) is 2. The maximum Gasteiger partial charge on any atom is 0.240 e. The molecule has 1 atom stereocenters. The number of carbonyl (C=O) groups is 2. The monoisotopic (exact) mass is 405 g/mol. The average Bonchev–Trinajstić information content (AvgIpc) is 3.05. The normalized spacial score (nSPS) is 17.0. The van der Waals surface area contributed by atoms with E-state index >= 15 is 0 Å². The number of amides is 2. The number of hydrogen-bond acceptors (Lipinski definition) is 4. The lowest BCUT2D eigenvalue weighted by Gasteiger charge is -2.16. The summed E-state index contributed by atoms with van der Waals surface area (Å²) in [6.45, 7) is 2.16. The molecule has 2 aromatic rings. The molecule has 148 valence electrons. The SMILES string of the molecule is CCNS(=O)(=O)c1ccc(NC(=O)[C@@H]2CC(=O)N(c3ccc(F)cc3)C2)cc1. The van der Waals surface area contributed by atoms with Crippen molar-refractivity contribution in [2.45, 2.75) is 18.2 Å². The molecule has 0 spiro atoms. The van der Waals surface area contributed by atoms with Gasteiger partial charge >= 0.3 is 0 Å². The smallest absolute Gasteiger partial charge is 0.240 e. The van der Waals surface area contributed by atoms with Crippen LogP contribution in [0.4, 0.5) is 15.8 Å². The van der Waals surface area contributed by atoms with Gasteiger partial charge in [0.2, 0.25) is 21.8 Å². The van der Waals surface area contributed by atoms with E-state index in [4.69, 9.17) is 0 Å². The van der Waals surface area contributed by atoms with Gasteiger partial charge in [0.15, 0.2) is 0 Å². The summed E-state index contributed by atoms with van der Waals surface area (Å²) in [6, 6.07) is 11.3. The lowest BCUT2D eigenvalue weighted by atomic mass is 10.1. The third-order valence-electron chi connectivity index (χ3n) is 4.40. The fourth-order valence-corrected chi connectivity index (χ4v) is 4.03. The fraction of sp³-hybridized carbons (Fsp3) is 0.263. The van der Waals surface area contributed by atoms with E-state index in [1.54, 1.807) is 6.92 Å². The van der Waals surface area contributed by atoms with Crippen LogP contribution in [0.1, 0.15) is 13.3 Å². The summed E-state index contributed by atoms with van der Waals surface area (Å²) in [7, 11) is -3.56. The molecule has 1 fully saturated rings. The Hall–Kier alpha value is -2.78. The van der Waals surface area contributed by atoms with Crippen LogP contribution in [0.3, 0.4) is 0 Å². The van der Waals surface area contributed by atoms with Gasteiger partial charge in [0.1, 0.15) is 5.82 Å². The Balaban J connectivity index is 1.65. The van der Waals surface area contributed by atoms with Crippen LogP contribution < -0.4 is 14.9 Å². The first-order chi connectivity index (χ1) is 13.3. The summed E-state index contributed by atoms with van der Waals surface area (Å²) >= 11 is 0. The predicted molar refractivity (Wildman–Crippen MR) is 103 cm³/mol. The van der Waals surface area contributed by atoms with Gasteiger partial charge in [-0.05, 0) is 48.5 Å². The van der Waals surface area contributed by atoms with Gasteiger partial charge in [-0.3, -0.25) is 9.59 Å². The molecule has 1 aliphatic rings. The molecule has 0 bridgehead atoms. The summed E-state index contributed by atoms with van der Waals surface area (Å²) < 4.78 is 39.3. The number of anilines is 2. The summed E-state index contributed by atoms with van der Waals surface area (Å²) in [5.41, 5.74) is 0.979. The number of carbonyl (C=O) groups excluding carboxylic acids is 2. The molecule has 0 unspecified atom stereocenters. The summed E-state index contributed by atoms with van der Waals surface area (Å²) in [6.07, 6.45) is 0.0517. The zero-order valence-electron chi connectivity index (χ0n) is 15.2. The summed E-state index contributed by atoms with van der Waals surface area (Å²) in [5, 5.41) is 2.70. The standard InChI is InChI=1S/C19H20FN3O4S/c1-2-21-28(26,27)17-9-5-15(6-10-17)22-19(25)13-11-18(24)23(12-13)16-7-3-14(20)4-8-16/h3-10,13,21H,2,11-12H2,1H3,(H,22,25)/t13-/m1/s1. The molecular formula is C19H20FN3O4S. The lowest BCUT2D eigenvalue weighted by Crippen LogP contribution is -2.28. The van der Waals surface area contributed by atoms with Gasteiger partial charge in [0, 0.05) is 30.9 Å². The maximum absolute atomic E-state index is 13.1. The molecule has 0 aliphatic carbocycles. The lowest BCUT2D eigenvalue weighted by molar-refractivity contribution is -0.122. The first-order valence-electron chi connectivity index (χ1n) is 8.76. The predicted octanol–water partition coefficient (Wildman–Crippen LogP) is 2.12. The van der Waals surface area contributed by atoms with Crippen molar-refractivity contribution >= 4 is 33.2 Å². The Morgan fingerprint density at radius 1 is 1.14 bits per heavy atom. The number of benzene rings is 2. The van der Waals surface area contributed by atoms with Crippen molar-refractivity contribution in [1.82, 2.24) is 4.72 Å². The van der Waals surface area contributed by atoms with Crippen LogP contribution in [0.5, 0.6) is 0 Å². The van der Waals surface area contributed by atoms with E-state index in [2.05, 4.69) is 10.0 Å². The van der Waals surface area contributed by atoms with Crippen molar-refractivity contribution in [2.24, 2.45) is 5.92 Å². The molecular weight excluding hydrogens is 385 g/mol. The molecule has 28 heavy (non-hydrogen) atoms. The fourth-order valence-electron chi connectivity index (χ4n) is 2.99. The summed E-state index contributed by atoms with van der Waals surface area (Å²) in [4.78, 5) is 26.3. The van der Waals surface area contributed by atoms with Crippen LogP contribution in [0.2, 0.25) is 0 Å². The molecule has 0 radical (unpaired) electrons.